The van der Waals surface area contributed by atoms with Crippen LogP contribution in [0, 0.1) is 6.92 Å². The van der Waals surface area contributed by atoms with E-state index in [4.69, 9.17) is 4.74 Å². The molecule has 0 N–H and O–H groups in total. The van der Waals surface area contributed by atoms with E-state index >= 15 is 0 Å². The highest BCUT2D eigenvalue weighted by Crippen LogP contribution is 2.29. The molecule has 4 rings (SSSR count). The Morgan fingerprint density at radius 3 is 2.16 bits per heavy atom. The van der Waals surface area contributed by atoms with Crippen LogP contribution in [0.25, 0.3) is 10.8 Å². The minimum atomic E-state index is 0.538. The van der Waals surface area contributed by atoms with Crippen LogP contribution in [-0.4, -0.2) is 10.2 Å². The van der Waals surface area contributed by atoms with Crippen LogP contribution in [0.2, 0.25) is 0 Å². The number of rotatable bonds is 4. The van der Waals surface area contributed by atoms with Gasteiger partial charge < -0.3 is 4.74 Å². The average molecular weight is 326 g/mol. The molecule has 25 heavy (non-hydrogen) atoms. The normalized spacial score (nSPS) is 10.8. The third-order valence-corrected chi connectivity index (χ3v) is 4.18. The topological polar surface area (TPSA) is 35.0 Å². The molecule has 3 nitrogen and oxygen atoms in total. The lowest BCUT2D eigenvalue weighted by Crippen LogP contribution is -1.99. The second kappa shape index (κ2) is 6.73. The predicted molar refractivity (Wildman–Crippen MR) is 100 cm³/mol. The molecule has 1 heterocycles. The monoisotopic (exact) mass is 326 g/mol. The summed E-state index contributed by atoms with van der Waals surface area (Å²) >= 11 is 0. The summed E-state index contributed by atoms with van der Waals surface area (Å²) in [6.07, 6.45) is 0.749. The molecule has 0 bridgehead atoms. The van der Waals surface area contributed by atoms with Crippen molar-refractivity contribution in [3.05, 3.63) is 95.7 Å². The van der Waals surface area contributed by atoms with Crippen LogP contribution in [0.3, 0.4) is 0 Å². The van der Waals surface area contributed by atoms with Gasteiger partial charge in [0.15, 0.2) is 0 Å². The third-order valence-electron chi connectivity index (χ3n) is 4.18. The van der Waals surface area contributed by atoms with Crippen molar-refractivity contribution in [3.8, 4) is 11.6 Å². The van der Waals surface area contributed by atoms with Crippen molar-refractivity contribution in [2.45, 2.75) is 13.3 Å². The van der Waals surface area contributed by atoms with E-state index in [0.717, 1.165) is 28.6 Å². The maximum absolute atomic E-state index is 5.98. The molecule has 0 radical (unpaired) electrons. The Bertz CT molecular complexity index is 995. The molecule has 0 fully saturated rings. The van der Waals surface area contributed by atoms with Gasteiger partial charge in [-0.1, -0.05) is 66.2 Å². The summed E-state index contributed by atoms with van der Waals surface area (Å²) in [4.78, 5) is 0. The number of ether oxygens (including phenoxy) is 1. The molecule has 0 atom stereocenters. The first-order valence-electron chi connectivity index (χ1n) is 8.32. The molecule has 122 valence electrons. The van der Waals surface area contributed by atoms with Crippen LogP contribution in [0.4, 0.5) is 0 Å². The fourth-order valence-corrected chi connectivity index (χ4v) is 2.85. The van der Waals surface area contributed by atoms with Crippen LogP contribution in [0.1, 0.15) is 16.8 Å². The number of benzene rings is 3. The summed E-state index contributed by atoms with van der Waals surface area (Å²) in [6.45, 7) is 2.05. The molecule has 0 spiro atoms. The molecular weight excluding hydrogens is 308 g/mol. The van der Waals surface area contributed by atoms with Crippen molar-refractivity contribution in [2.75, 3.05) is 0 Å². The average Bonchev–Trinajstić information content (AvgIpc) is 2.66. The van der Waals surface area contributed by atoms with E-state index in [-0.39, 0.29) is 0 Å². The highest BCUT2D eigenvalue weighted by Gasteiger charge is 2.11. The molecule has 1 aromatic heterocycles. The van der Waals surface area contributed by atoms with Gasteiger partial charge in [0.1, 0.15) is 5.75 Å². The Balaban J connectivity index is 1.72. The van der Waals surface area contributed by atoms with E-state index in [1.165, 1.54) is 11.1 Å². The van der Waals surface area contributed by atoms with E-state index in [9.17, 15) is 0 Å². The molecule has 0 aliphatic rings. The van der Waals surface area contributed by atoms with Crippen LogP contribution in [0.5, 0.6) is 11.6 Å². The molecule has 0 saturated carbocycles. The largest absolute Gasteiger partial charge is 0.437 e. The Morgan fingerprint density at radius 2 is 1.40 bits per heavy atom. The zero-order chi connectivity index (χ0) is 17.1. The quantitative estimate of drug-likeness (QED) is 0.509. The lowest BCUT2D eigenvalue weighted by atomic mass is 10.0. The van der Waals surface area contributed by atoms with E-state index in [1.807, 2.05) is 60.7 Å². The van der Waals surface area contributed by atoms with Gasteiger partial charge in [0, 0.05) is 17.2 Å². The van der Waals surface area contributed by atoms with Crippen molar-refractivity contribution in [2.24, 2.45) is 0 Å². The van der Waals surface area contributed by atoms with E-state index in [0.29, 0.717) is 5.88 Å². The molecule has 3 aromatic carbocycles. The SMILES string of the molecule is Cc1ccc(Oc2nnc(Cc3ccccc3)c3ccccc23)cc1. The van der Waals surface area contributed by atoms with Gasteiger partial charge in [-0.25, -0.2) is 0 Å². The lowest BCUT2D eigenvalue weighted by Gasteiger charge is -2.10. The number of hydrogen-bond donors (Lipinski definition) is 0. The van der Waals surface area contributed by atoms with Crippen molar-refractivity contribution in [1.29, 1.82) is 0 Å². The third kappa shape index (κ3) is 3.36. The standard InChI is InChI=1S/C22H18N2O/c1-16-11-13-18(14-12-16)25-22-20-10-6-5-9-19(20)21(23-24-22)15-17-7-3-2-4-8-17/h2-14H,15H2,1H3. The van der Waals surface area contributed by atoms with Gasteiger partial charge in [0.05, 0.1) is 5.69 Å². The van der Waals surface area contributed by atoms with E-state index in [2.05, 4.69) is 35.3 Å². The van der Waals surface area contributed by atoms with Crippen molar-refractivity contribution >= 4 is 10.8 Å². The Hall–Kier alpha value is -3.20. The Morgan fingerprint density at radius 1 is 0.720 bits per heavy atom. The van der Waals surface area contributed by atoms with Crippen LogP contribution in [0.15, 0.2) is 78.9 Å². The summed E-state index contributed by atoms with van der Waals surface area (Å²) in [5.74, 6) is 1.30. The molecule has 0 aliphatic heterocycles. The molecule has 0 aliphatic carbocycles. The first-order valence-corrected chi connectivity index (χ1v) is 8.32. The van der Waals surface area contributed by atoms with Crippen molar-refractivity contribution in [1.82, 2.24) is 10.2 Å². The summed E-state index contributed by atoms with van der Waals surface area (Å²) in [5.41, 5.74) is 3.37. The maximum Gasteiger partial charge on any atom is 0.246 e. The highest BCUT2D eigenvalue weighted by atomic mass is 16.5. The van der Waals surface area contributed by atoms with E-state index in [1.54, 1.807) is 0 Å². The van der Waals surface area contributed by atoms with Crippen molar-refractivity contribution in [3.63, 3.8) is 0 Å². The van der Waals surface area contributed by atoms with Crippen LogP contribution >= 0.6 is 0 Å². The molecule has 0 saturated heterocycles. The zero-order valence-corrected chi connectivity index (χ0v) is 14.0. The molecule has 0 unspecified atom stereocenters. The van der Waals surface area contributed by atoms with Crippen molar-refractivity contribution < 1.29 is 4.74 Å². The molecule has 3 heteroatoms. The van der Waals surface area contributed by atoms with Gasteiger partial charge in [-0.2, -0.15) is 5.10 Å². The first-order chi connectivity index (χ1) is 12.3. The molecule has 4 aromatic rings. The summed E-state index contributed by atoms with van der Waals surface area (Å²) in [7, 11) is 0. The van der Waals surface area contributed by atoms with Gasteiger partial charge >= 0.3 is 0 Å². The zero-order valence-electron chi connectivity index (χ0n) is 14.0. The van der Waals surface area contributed by atoms with Crippen LogP contribution < -0.4 is 4.74 Å². The second-order valence-corrected chi connectivity index (χ2v) is 6.07. The van der Waals surface area contributed by atoms with Gasteiger partial charge in [0.25, 0.3) is 0 Å². The molecular formula is C22H18N2O. The predicted octanol–water partition coefficient (Wildman–Crippen LogP) is 5.32. The molecule has 0 amide bonds. The lowest BCUT2D eigenvalue weighted by molar-refractivity contribution is 0.461. The Labute approximate surface area is 146 Å². The first kappa shape index (κ1) is 15.3. The minimum absolute atomic E-state index is 0.538. The van der Waals surface area contributed by atoms with Crippen LogP contribution in [-0.2, 0) is 6.42 Å². The van der Waals surface area contributed by atoms with Gasteiger partial charge in [-0.05, 0) is 30.7 Å². The summed E-state index contributed by atoms with van der Waals surface area (Å²) in [6, 6.07) is 26.4. The fourth-order valence-electron chi connectivity index (χ4n) is 2.85. The number of aromatic nitrogens is 2. The van der Waals surface area contributed by atoms with E-state index < -0.39 is 0 Å². The number of aryl methyl sites for hydroxylation is 1. The van der Waals surface area contributed by atoms with Gasteiger partial charge in [-0.15, -0.1) is 5.10 Å². The number of hydrogen-bond acceptors (Lipinski definition) is 3. The summed E-state index contributed by atoms with van der Waals surface area (Å²) in [5, 5.41) is 10.8. The smallest absolute Gasteiger partial charge is 0.246 e. The highest BCUT2D eigenvalue weighted by molar-refractivity contribution is 5.88. The Kier molecular flexibility index (Phi) is 4.13. The fraction of sp³-hybridized carbons (Fsp3) is 0.0909. The minimum Gasteiger partial charge on any atom is -0.437 e. The number of nitrogens with zero attached hydrogens (tertiary/aromatic N) is 2. The maximum atomic E-state index is 5.98. The number of fused-ring (bicyclic) bond motifs is 1. The second-order valence-electron chi connectivity index (χ2n) is 6.07. The summed E-state index contributed by atoms with van der Waals surface area (Å²) < 4.78 is 5.98. The van der Waals surface area contributed by atoms with Gasteiger partial charge in [0.2, 0.25) is 5.88 Å². The van der Waals surface area contributed by atoms with Gasteiger partial charge in [-0.3, -0.25) is 0 Å².